The van der Waals surface area contributed by atoms with Gasteiger partial charge in [0, 0.05) is 11.8 Å². The lowest BCUT2D eigenvalue weighted by atomic mass is 10.2. The molecule has 138 valence electrons. The molecule has 6 nitrogen and oxygen atoms in total. The van der Waals surface area contributed by atoms with Crippen LogP contribution in [0.2, 0.25) is 0 Å². The van der Waals surface area contributed by atoms with Crippen LogP contribution in [0.15, 0.2) is 41.3 Å². The van der Waals surface area contributed by atoms with Gasteiger partial charge in [0.15, 0.2) is 15.8 Å². The first-order valence-corrected chi connectivity index (χ1v) is 9.01. The summed E-state index contributed by atoms with van der Waals surface area (Å²) >= 11 is 2.72. The van der Waals surface area contributed by atoms with Crippen molar-refractivity contribution in [3.05, 3.63) is 42.5 Å². The van der Waals surface area contributed by atoms with Gasteiger partial charge in [-0.25, -0.2) is 0 Å². The molecule has 0 unspecified atom stereocenters. The summed E-state index contributed by atoms with van der Waals surface area (Å²) in [6.07, 6.45) is 4.55. The van der Waals surface area contributed by atoms with Gasteiger partial charge in [-0.15, -0.1) is 16.8 Å². The summed E-state index contributed by atoms with van der Waals surface area (Å²) in [5, 5.41) is 10.8. The van der Waals surface area contributed by atoms with E-state index in [4.69, 9.17) is 4.74 Å². The number of alkyl halides is 2. The Hall–Kier alpha value is -2.46. The molecule has 1 heterocycles. The van der Waals surface area contributed by atoms with Crippen LogP contribution in [0.1, 0.15) is 5.56 Å². The molecule has 0 spiro atoms. The van der Waals surface area contributed by atoms with Crippen molar-refractivity contribution in [3.63, 3.8) is 0 Å². The molecule has 0 saturated heterocycles. The van der Waals surface area contributed by atoms with E-state index in [1.165, 1.54) is 60.6 Å². The first-order valence-electron chi connectivity index (χ1n) is 7.21. The summed E-state index contributed by atoms with van der Waals surface area (Å²) < 4.78 is 34.7. The van der Waals surface area contributed by atoms with Gasteiger partial charge in [-0.2, -0.15) is 8.78 Å². The zero-order chi connectivity index (χ0) is 18.9. The Balaban J connectivity index is 1.98. The number of carbonyl (C=O) groups is 1. The van der Waals surface area contributed by atoms with Gasteiger partial charge in [-0.1, -0.05) is 35.2 Å². The first-order chi connectivity index (χ1) is 12.5. The van der Waals surface area contributed by atoms with Crippen LogP contribution in [0, 0.1) is 0 Å². The van der Waals surface area contributed by atoms with Crippen molar-refractivity contribution in [2.75, 3.05) is 18.2 Å². The van der Waals surface area contributed by atoms with E-state index in [0.717, 1.165) is 4.34 Å². The molecule has 2 rings (SSSR count). The molecule has 1 amide bonds. The molecule has 0 fully saturated rings. The number of anilines is 1. The Morgan fingerprint density at radius 3 is 2.92 bits per heavy atom. The van der Waals surface area contributed by atoms with Crippen molar-refractivity contribution in [2.24, 2.45) is 0 Å². The van der Waals surface area contributed by atoms with Crippen molar-refractivity contribution in [1.82, 2.24) is 10.2 Å². The van der Waals surface area contributed by atoms with E-state index in [1.54, 1.807) is 6.08 Å². The molecule has 1 aromatic carbocycles. The third-order valence-corrected chi connectivity index (χ3v) is 4.76. The highest BCUT2D eigenvalue weighted by Crippen LogP contribution is 2.30. The van der Waals surface area contributed by atoms with Crippen molar-refractivity contribution in [2.45, 2.75) is 11.0 Å². The molecule has 10 heteroatoms. The maximum absolute atomic E-state index is 12.3. The molecule has 0 bridgehead atoms. The average molecular weight is 399 g/mol. The normalized spacial score (nSPS) is 10.9. The standard InChI is InChI=1S/C16H15F2N3O3S2/c1-3-8-25-16-21-20-15(26-16)19-13(22)7-5-10-4-6-11(24-14(17)18)12(9-10)23-2/h3-7,9,14H,1,8H2,2H3,(H,19,20,22)/b7-5+. The third-order valence-electron chi connectivity index (χ3n) is 2.79. The Morgan fingerprint density at radius 1 is 1.42 bits per heavy atom. The van der Waals surface area contributed by atoms with Gasteiger partial charge in [0.25, 0.3) is 0 Å². The van der Waals surface area contributed by atoms with Crippen molar-refractivity contribution in [1.29, 1.82) is 0 Å². The fourth-order valence-electron chi connectivity index (χ4n) is 1.75. The minimum Gasteiger partial charge on any atom is -0.493 e. The number of thioether (sulfide) groups is 1. The number of benzene rings is 1. The quantitative estimate of drug-likeness (QED) is 0.296. The number of amides is 1. The van der Waals surface area contributed by atoms with Crippen molar-refractivity contribution in [3.8, 4) is 11.5 Å². The van der Waals surface area contributed by atoms with Gasteiger partial charge in [0.1, 0.15) is 0 Å². The van der Waals surface area contributed by atoms with E-state index in [2.05, 4.69) is 26.8 Å². The van der Waals surface area contributed by atoms with Crippen LogP contribution in [0.4, 0.5) is 13.9 Å². The number of methoxy groups -OCH3 is 1. The average Bonchev–Trinajstić information content (AvgIpc) is 3.05. The molecular weight excluding hydrogens is 384 g/mol. The second-order valence-electron chi connectivity index (χ2n) is 4.58. The van der Waals surface area contributed by atoms with Crippen LogP contribution in [0.3, 0.4) is 0 Å². The molecule has 0 aliphatic heterocycles. The SMILES string of the molecule is C=CCSc1nnc(NC(=O)/C=C/c2ccc(OC(F)F)c(OC)c2)s1. The molecule has 0 aliphatic carbocycles. The molecule has 0 atom stereocenters. The van der Waals surface area contributed by atoms with Gasteiger partial charge in [0.2, 0.25) is 11.0 Å². The molecule has 2 aromatic rings. The second kappa shape index (κ2) is 9.88. The zero-order valence-electron chi connectivity index (χ0n) is 13.6. The molecule has 0 radical (unpaired) electrons. The summed E-state index contributed by atoms with van der Waals surface area (Å²) in [5.74, 6) is 0.368. The molecule has 26 heavy (non-hydrogen) atoms. The predicted octanol–water partition coefficient (Wildman–Crippen LogP) is 4.08. The lowest BCUT2D eigenvalue weighted by Gasteiger charge is -2.10. The topological polar surface area (TPSA) is 73.3 Å². The van der Waals surface area contributed by atoms with Crippen LogP contribution in [0.25, 0.3) is 6.08 Å². The van der Waals surface area contributed by atoms with Crippen molar-refractivity contribution >= 4 is 40.2 Å². The molecular formula is C16H15F2N3O3S2. The summed E-state index contributed by atoms with van der Waals surface area (Å²) in [5.41, 5.74) is 0.582. The van der Waals surface area contributed by atoms with Gasteiger partial charge in [0.05, 0.1) is 7.11 Å². The number of aromatic nitrogens is 2. The lowest BCUT2D eigenvalue weighted by Crippen LogP contribution is -2.07. The number of rotatable bonds is 9. The largest absolute Gasteiger partial charge is 0.493 e. The molecule has 1 aromatic heterocycles. The fourth-order valence-corrected chi connectivity index (χ4v) is 3.26. The van der Waals surface area contributed by atoms with Gasteiger partial charge in [-0.3, -0.25) is 10.1 Å². The maximum atomic E-state index is 12.3. The van der Waals surface area contributed by atoms with Gasteiger partial charge in [-0.05, 0) is 23.8 Å². The number of hydrogen-bond donors (Lipinski definition) is 1. The highest BCUT2D eigenvalue weighted by Gasteiger charge is 2.11. The van der Waals surface area contributed by atoms with E-state index >= 15 is 0 Å². The van der Waals surface area contributed by atoms with E-state index in [1.807, 2.05) is 0 Å². The molecule has 1 N–H and O–H groups in total. The smallest absolute Gasteiger partial charge is 0.387 e. The van der Waals surface area contributed by atoms with Crippen LogP contribution in [-0.4, -0.2) is 35.6 Å². The first kappa shape index (κ1) is 19.9. The Kier molecular flexibility index (Phi) is 7.54. The number of nitrogens with one attached hydrogen (secondary N) is 1. The van der Waals surface area contributed by atoms with Crippen LogP contribution < -0.4 is 14.8 Å². The Morgan fingerprint density at radius 2 is 2.23 bits per heavy atom. The minimum atomic E-state index is -2.95. The third kappa shape index (κ3) is 6.12. The van der Waals surface area contributed by atoms with Crippen LogP contribution in [-0.2, 0) is 4.79 Å². The molecule has 0 aliphatic rings. The van der Waals surface area contributed by atoms with Gasteiger partial charge >= 0.3 is 6.61 Å². The van der Waals surface area contributed by atoms with E-state index in [0.29, 0.717) is 16.4 Å². The highest BCUT2D eigenvalue weighted by atomic mass is 32.2. The number of halogens is 2. The monoisotopic (exact) mass is 399 g/mol. The number of ether oxygens (including phenoxy) is 2. The Labute approximate surface area is 156 Å². The minimum absolute atomic E-state index is 0.0810. The van der Waals surface area contributed by atoms with E-state index in [9.17, 15) is 13.6 Å². The van der Waals surface area contributed by atoms with Gasteiger partial charge < -0.3 is 9.47 Å². The maximum Gasteiger partial charge on any atom is 0.387 e. The number of carbonyl (C=O) groups excluding carboxylic acids is 1. The number of hydrogen-bond acceptors (Lipinski definition) is 7. The second-order valence-corrected chi connectivity index (χ2v) is 6.83. The van der Waals surface area contributed by atoms with Crippen molar-refractivity contribution < 1.29 is 23.0 Å². The molecule has 0 saturated carbocycles. The summed E-state index contributed by atoms with van der Waals surface area (Å²) in [7, 11) is 1.34. The van der Waals surface area contributed by atoms with E-state index in [-0.39, 0.29) is 11.5 Å². The Bertz CT molecular complexity index is 797. The predicted molar refractivity (Wildman–Crippen MR) is 98.1 cm³/mol. The van der Waals surface area contributed by atoms with Crippen LogP contribution in [0.5, 0.6) is 11.5 Å². The van der Waals surface area contributed by atoms with Crippen LogP contribution >= 0.6 is 23.1 Å². The zero-order valence-corrected chi connectivity index (χ0v) is 15.3. The summed E-state index contributed by atoms with van der Waals surface area (Å²) in [6, 6.07) is 4.35. The number of nitrogens with zero attached hydrogens (tertiary/aromatic N) is 2. The lowest BCUT2D eigenvalue weighted by molar-refractivity contribution is -0.111. The fraction of sp³-hybridized carbons (Fsp3) is 0.188. The highest BCUT2D eigenvalue weighted by molar-refractivity contribution is 8.01. The van der Waals surface area contributed by atoms with E-state index < -0.39 is 12.5 Å². The summed E-state index contributed by atoms with van der Waals surface area (Å²) in [4.78, 5) is 11.9. The summed E-state index contributed by atoms with van der Waals surface area (Å²) in [6.45, 7) is 0.672.